The summed E-state index contributed by atoms with van der Waals surface area (Å²) < 4.78 is 16.0. The number of hydrogen-bond donors (Lipinski definition) is 0. The number of nitro groups is 1. The summed E-state index contributed by atoms with van der Waals surface area (Å²) in [5, 5.41) is 13.1. The molecule has 3 aromatic rings. The third-order valence-electron chi connectivity index (χ3n) is 4.90. The zero-order valence-electron chi connectivity index (χ0n) is 17.5. The van der Waals surface area contributed by atoms with E-state index >= 15 is 0 Å². The van der Waals surface area contributed by atoms with E-state index in [1.165, 1.54) is 21.3 Å². The van der Waals surface area contributed by atoms with Crippen LogP contribution in [-0.2, 0) is 4.79 Å². The van der Waals surface area contributed by atoms with Crippen LogP contribution in [0.15, 0.2) is 59.5 Å². The molecular weight excluding hydrogens is 418 g/mol. The van der Waals surface area contributed by atoms with E-state index in [0.717, 1.165) is 28.1 Å². The van der Waals surface area contributed by atoms with Crippen LogP contribution in [0.1, 0.15) is 17.9 Å². The van der Waals surface area contributed by atoms with Crippen molar-refractivity contribution in [1.82, 2.24) is 0 Å². The second-order valence-electron chi connectivity index (χ2n) is 6.86. The van der Waals surface area contributed by atoms with Gasteiger partial charge in [-0.05, 0) is 28.5 Å². The lowest BCUT2D eigenvalue weighted by Crippen LogP contribution is -2.15. The number of nitrogens with zero attached hydrogens (tertiary/aromatic N) is 1. The fraction of sp³-hybridized carbons (Fsp3) is 0.261. The van der Waals surface area contributed by atoms with E-state index in [4.69, 9.17) is 14.2 Å². The summed E-state index contributed by atoms with van der Waals surface area (Å²) in [6, 6.07) is 16.9. The van der Waals surface area contributed by atoms with Crippen molar-refractivity contribution in [1.29, 1.82) is 0 Å². The Balaban J connectivity index is 1.83. The van der Waals surface area contributed by atoms with Gasteiger partial charge >= 0.3 is 0 Å². The molecule has 162 valence electrons. The molecule has 0 aliphatic heterocycles. The van der Waals surface area contributed by atoms with Gasteiger partial charge in [-0.3, -0.25) is 14.9 Å². The normalized spacial score (nSPS) is 11.7. The van der Waals surface area contributed by atoms with Gasteiger partial charge in [0.2, 0.25) is 12.3 Å². The van der Waals surface area contributed by atoms with Crippen LogP contribution >= 0.6 is 11.8 Å². The Kier molecular flexibility index (Phi) is 7.36. The quantitative estimate of drug-likeness (QED) is 0.264. The van der Waals surface area contributed by atoms with Crippen LogP contribution in [0.2, 0.25) is 0 Å². The highest BCUT2D eigenvalue weighted by atomic mass is 32.2. The summed E-state index contributed by atoms with van der Waals surface area (Å²) in [4.78, 5) is 24.3. The zero-order valence-corrected chi connectivity index (χ0v) is 18.3. The van der Waals surface area contributed by atoms with E-state index in [1.807, 2.05) is 42.5 Å². The lowest BCUT2D eigenvalue weighted by atomic mass is 9.94. The molecule has 0 aliphatic rings. The predicted octanol–water partition coefficient (Wildman–Crippen LogP) is 4.93. The first-order chi connectivity index (χ1) is 14.9. The van der Waals surface area contributed by atoms with Gasteiger partial charge in [0.25, 0.3) is 0 Å². The van der Waals surface area contributed by atoms with Gasteiger partial charge in [-0.1, -0.05) is 54.2 Å². The van der Waals surface area contributed by atoms with Gasteiger partial charge < -0.3 is 14.2 Å². The van der Waals surface area contributed by atoms with E-state index in [9.17, 15) is 14.9 Å². The number of carbonyl (C=O) groups excluding carboxylic acids is 1. The molecule has 31 heavy (non-hydrogen) atoms. The molecule has 3 aromatic carbocycles. The van der Waals surface area contributed by atoms with Gasteiger partial charge in [-0.2, -0.15) is 0 Å². The number of ether oxygens (including phenoxy) is 3. The lowest BCUT2D eigenvalue weighted by molar-refractivity contribution is -0.483. The smallest absolute Gasteiger partial charge is 0.211 e. The average molecular weight is 442 g/mol. The number of hydrogen-bond acceptors (Lipinski definition) is 7. The Hall–Kier alpha value is -3.26. The molecule has 1 atom stereocenters. The molecule has 8 heteroatoms. The first-order valence-electron chi connectivity index (χ1n) is 9.56. The molecule has 0 amide bonds. The fourth-order valence-corrected chi connectivity index (χ4v) is 4.30. The predicted molar refractivity (Wildman–Crippen MR) is 120 cm³/mol. The SMILES string of the molecule is COc1cc(SC(=O)C[C@@H](C[N+](=O)[O-])c2ccc3ccccc3c2)cc(OC)c1OC. The van der Waals surface area contributed by atoms with Crippen molar-refractivity contribution in [3.05, 3.63) is 70.3 Å². The summed E-state index contributed by atoms with van der Waals surface area (Å²) in [5.74, 6) is 0.785. The Morgan fingerprint density at radius 1 is 0.968 bits per heavy atom. The van der Waals surface area contributed by atoms with Gasteiger partial charge in [-0.25, -0.2) is 0 Å². The van der Waals surface area contributed by atoms with Gasteiger partial charge in [0.1, 0.15) is 0 Å². The summed E-state index contributed by atoms with van der Waals surface area (Å²) in [7, 11) is 4.50. The maximum absolute atomic E-state index is 12.8. The van der Waals surface area contributed by atoms with Crippen LogP contribution in [-0.4, -0.2) is 37.9 Å². The van der Waals surface area contributed by atoms with Crippen LogP contribution in [0.4, 0.5) is 0 Å². The monoisotopic (exact) mass is 441 g/mol. The minimum Gasteiger partial charge on any atom is -0.493 e. The molecule has 0 heterocycles. The summed E-state index contributed by atoms with van der Waals surface area (Å²) in [6.45, 7) is -0.320. The van der Waals surface area contributed by atoms with Crippen LogP contribution in [0.25, 0.3) is 10.8 Å². The molecule has 0 saturated carbocycles. The molecule has 0 fully saturated rings. The third kappa shape index (κ3) is 5.46. The molecule has 3 rings (SSSR count). The van der Waals surface area contributed by atoms with E-state index in [2.05, 4.69) is 0 Å². The largest absolute Gasteiger partial charge is 0.493 e. The topological polar surface area (TPSA) is 87.9 Å². The molecule has 0 radical (unpaired) electrons. The van der Waals surface area contributed by atoms with Crippen molar-refractivity contribution < 1.29 is 23.9 Å². The highest BCUT2D eigenvalue weighted by Gasteiger charge is 2.23. The summed E-state index contributed by atoms with van der Waals surface area (Å²) >= 11 is 0.998. The maximum Gasteiger partial charge on any atom is 0.211 e. The standard InChI is InChI=1S/C23H23NO6S/c1-28-20-12-19(13-21(29-2)23(20)30-3)31-22(25)11-18(14-24(26)27)17-9-8-15-6-4-5-7-16(15)10-17/h4-10,12-13,18H,11,14H2,1-3H3/t18-/m0/s1. The molecule has 0 spiro atoms. The minimum absolute atomic E-state index is 0.0284. The molecule has 0 saturated heterocycles. The van der Waals surface area contributed by atoms with Gasteiger partial charge in [0, 0.05) is 16.2 Å². The number of carbonyl (C=O) groups is 1. The molecule has 0 unspecified atom stereocenters. The van der Waals surface area contributed by atoms with Gasteiger partial charge in [-0.15, -0.1) is 0 Å². The van der Waals surface area contributed by atoms with Crippen molar-refractivity contribution in [2.75, 3.05) is 27.9 Å². The van der Waals surface area contributed by atoms with E-state index in [1.54, 1.807) is 12.1 Å². The maximum atomic E-state index is 12.8. The third-order valence-corrected chi connectivity index (χ3v) is 5.76. The van der Waals surface area contributed by atoms with Crippen LogP contribution < -0.4 is 14.2 Å². The first-order valence-corrected chi connectivity index (χ1v) is 10.4. The Morgan fingerprint density at radius 2 is 1.61 bits per heavy atom. The Bertz CT molecular complexity index is 1080. The fourth-order valence-electron chi connectivity index (χ4n) is 3.42. The number of thioether (sulfide) groups is 1. The van der Waals surface area contributed by atoms with Gasteiger partial charge in [0.15, 0.2) is 16.6 Å². The van der Waals surface area contributed by atoms with Crippen LogP contribution in [0.3, 0.4) is 0 Å². The molecule has 0 bridgehead atoms. The van der Waals surface area contributed by atoms with Crippen molar-refractivity contribution in [2.24, 2.45) is 0 Å². The molecule has 0 aliphatic carbocycles. The average Bonchev–Trinajstić information content (AvgIpc) is 2.77. The van der Waals surface area contributed by atoms with Crippen LogP contribution in [0.5, 0.6) is 17.2 Å². The van der Waals surface area contributed by atoms with E-state index in [-0.39, 0.29) is 23.0 Å². The van der Waals surface area contributed by atoms with Crippen LogP contribution in [0, 0.1) is 10.1 Å². The molecular formula is C23H23NO6S. The van der Waals surface area contributed by atoms with Crippen molar-refractivity contribution in [3.63, 3.8) is 0 Å². The number of benzene rings is 3. The van der Waals surface area contributed by atoms with E-state index in [0.29, 0.717) is 22.1 Å². The van der Waals surface area contributed by atoms with Crippen molar-refractivity contribution in [2.45, 2.75) is 17.2 Å². The molecule has 0 N–H and O–H groups in total. The highest BCUT2D eigenvalue weighted by molar-refractivity contribution is 8.13. The van der Waals surface area contributed by atoms with Gasteiger partial charge in [0.05, 0.1) is 27.2 Å². The Morgan fingerprint density at radius 3 is 2.19 bits per heavy atom. The lowest BCUT2D eigenvalue weighted by Gasteiger charge is -2.15. The number of rotatable bonds is 9. The second kappa shape index (κ2) is 10.2. The summed E-state index contributed by atoms with van der Waals surface area (Å²) in [5.41, 5.74) is 0.772. The number of methoxy groups -OCH3 is 3. The van der Waals surface area contributed by atoms with E-state index < -0.39 is 5.92 Å². The Labute approximate surface area is 184 Å². The second-order valence-corrected chi connectivity index (χ2v) is 7.99. The molecule has 0 aromatic heterocycles. The zero-order chi connectivity index (χ0) is 22.4. The first kappa shape index (κ1) is 22.4. The minimum atomic E-state index is -0.526. The summed E-state index contributed by atoms with van der Waals surface area (Å²) in [6.07, 6.45) is 0.0284. The highest BCUT2D eigenvalue weighted by Crippen LogP contribution is 2.41. The number of fused-ring (bicyclic) bond motifs is 1. The van der Waals surface area contributed by atoms with Crippen molar-refractivity contribution >= 4 is 27.6 Å². The molecule has 7 nitrogen and oxygen atoms in total. The van der Waals surface area contributed by atoms with Crippen molar-refractivity contribution in [3.8, 4) is 17.2 Å².